The van der Waals surface area contributed by atoms with Gasteiger partial charge in [0, 0.05) is 19.6 Å². The summed E-state index contributed by atoms with van der Waals surface area (Å²) >= 11 is 0. The van der Waals surface area contributed by atoms with Crippen LogP contribution in [0.3, 0.4) is 0 Å². The number of benzene rings is 1. The smallest absolute Gasteiger partial charge is 0.306 e. The van der Waals surface area contributed by atoms with Crippen molar-refractivity contribution in [2.45, 2.75) is 219 Å². The SMILES string of the molecule is CCCCCCCCCCCCCCCCCCOCC(CNCCCCCCCCCCCCCCCCC(=O)OCc1ccccc1)OP(=O)([O-])OCC[N+](C)(C)C. The summed E-state index contributed by atoms with van der Waals surface area (Å²) in [6, 6.07) is 9.85. The number of quaternary nitrogens is 1. The molecule has 9 nitrogen and oxygen atoms in total. The number of esters is 1. The lowest BCUT2D eigenvalue weighted by Crippen LogP contribution is -2.38. The minimum atomic E-state index is -4.43. The van der Waals surface area contributed by atoms with Gasteiger partial charge in [0.2, 0.25) is 0 Å². The van der Waals surface area contributed by atoms with Crippen molar-refractivity contribution < 1.29 is 37.3 Å². The predicted octanol–water partition coefficient (Wildman–Crippen LogP) is 13.0. The molecule has 2 unspecified atom stereocenters. The highest BCUT2D eigenvalue weighted by Crippen LogP contribution is 2.39. The van der Waals surface area contributed by atoms with E-state index in [4.69, 9.17) is 18.5 Å². The zero-order valence-electron chi connectivity index (χ0n) is 39.6. The molecule has 1 N–H and O–H groups in total. The van der Waals surface area contributed by atoms with Gasteiger partial charge in [-0.15, -0.1) is 0 Å². The molecule has 0 heterocycles. The molecule has 1 aromatic rings. The van der Waals surface area contributed by atoms with Crippen molar-refractivity contribution in [2.24, 2.45) is 0 Å². The highest BCUT2D eigenvalue weighted by Gasteiger charge is 2.20. The van der Waals surface area contributed by atoms with E-state index in [1.807, 2.05) is 51.5 Å². The van der Waals surface area contributed by atoms with E-state index in [1.165, 1.54) is 161 Å². The predicted molar refractivity (Wildman–Crippen MR) is 250 cm³/mol. The van der Waals surface area contributed by atoms with E-state index >= 15 is 0 Å². The summed E-state index contributed by atoms with van der Waals surface area (Å²) < 4.78 is 35.3. The molecule has 0 aliphatic heterocycles. The van der Waals surface area contributed by atoms with E-state index in [1.54, 1.807) is 0 Å². The van der Waals surface area contributed by atoms with Crippen molar-refractivity contribution >= 4 is 13.8 Å². The maximum absolute atomic E-state index is 12.6. The third-order valence-electron chi connectivity index (χ3n) is 11.3. The monoisotopic (exact) mass is 867 g/mol. The lowest BCUT2D eigenvalue weighted by atomic mass is 10.0. The molecule has 0 aliphatic carbocycles. The van der Waals surface area contributed by atoms with Crippen molar-refractivity contribution in [3.8, 4) is 0 Å². The number of phosphoric acid groups is 1. The molecule has 1 rings (SSSR count). The Bertz CT molecular complexity index is 1120. The van der Waals surface area contributed by atoms with Crippen LogP contribution in [0.5, 0.6) is 0 Å². The van der Waals surface area contributed by atoms with Crippen LogP contribution in [-0.2, 0) is 34.5 Å². The van der Waals surface area contributed by atoms with Crippen LogP contribution < -0.4 is 10.2 Å². The maximum Gasteiger partial charge on any atom is 0.306 e. The molecule has 0 radical (unpaired) electrons. The minimum absolute atomic E-state index is 0.0888. The van der Waals surface area contributed by atoms with Gasteiger partial charge in [0.25, 0.3) is 7.82 Å². The van der Waals surface area contributed by atoms with Gasteiger partial charge in [-0.05, 0) is 31.4 Å². The number of phosphoric ester groups is 1. The fourth-order valence-electron chi connectivity index (χ4n) is 7.45. The average molecular weight is 867 g/mol. The Balaban J connectivity index is 2.05. The highest BCUT2D eigenvalue weighted by molar-refractivity contribution is 7.45. The van der Waals surface area contributed by atoms with Gasteiger partial charge >= 0.3 is 5.97 Å². The van der Waals surface area contributed by atoms with E-state index in [9.17, 15) is 14.3 Å². The van der Waals surface area contributed by atoms with Crippen LogP contribution in [0.4, 0.5) is 0 Å². The molecule has 0 spiro atoms. The highest BCUT2D eigenvalue weighted by atomic mass is 31.2. The molecule has 0 aromatic heterocycles. The molecule has 0 fully saturated rings. The summed E-state index contributed by atoms with van der Waals surface area (Å²) in [5.74, 6) is -0.0888. The molecule has 352 valence electrons. The van der Waals surface area contributed by atoms with Crippen molar-refractivity contribution in [3.63, 3.8) is 0 Å². The van der Waals surface area contributed by atoms with Gasteiger partial charge in [0.1, 0.15) is 25.9 Å². The van der Waals surface area contributed by atoms with Gasteiger partial charge in [-0.3, -0.25) is 9.36 Å². The fourth-order valence-corrected chi connectivity index (χ4v) is 8.31. The zero-order chi connectivity index (χ0) is 43.7. The minimum Gasteiger partial charge on any atom is -0.756 e. The van der Waals surface area contributed by atoms with E-state index < -0.39 is 13.9 Å². The number of nitrogens with zero attached hydrogens (tertiary/aromatic N) is 1. The number of carbonyl (C=O) groups is 1. The first-order valence-electron chi connectivity index (χ1n) is 25.0. The first-order chi connectivity index (χ1) is 29.1. The first-order valence-corrected chi connectivity index (χ1v) is 26.5. The molecule has 0 saturated carbocycles. The molecular formula is C50H95N2O7P. The second-order valence-corrected chi connectivity index (χ2v) is 19.8. The summed E-state index contributed by atoms with van der Waals surface area (Å²) in [6.07, 6.45) is 38.3. The molecule has 0 bridgehead atoms. The Hall–Kier alpha value is -1.32. The van der Waals surface area contributed by atoms with Gasteiger partial charge in [-0.25, -0.2) is 0 Å². The normalized spacial score (nSPS) is 13.4. The quantitative estimate of drug-likeness (QED) is 0.0299. The standard InChI is InChI=1S/C50H95N2O7P/c1-5-6-7-8-9-10-11-12-13-16-19-22-25-28-31-37-43-56-47-49(59-60(54,55)58-44-42-52(2,3)4)45-51-41-36-30-27-24-21-18-15-14-17-20-23-26-29-35-40-50(53)57-46-48-38-33-32-34-39-48/h32-34,38-39,49,51H,5-31,35-37,40-47H2,1-4H3. The number of ether oxygens (including phenoxy) is 2. The Kier molecular flexibility index (Phi) is 38.2. The van der Waals surface area contributed by atoms with Crippen molar-refractivity contribution in [1.82, 2.24) is 5.32 Å². The lowest BCUT2D eigenvalue weighted by molar-refractivity contribution is -0.870. The van der Waals surface area contributed by atoms with Gasteiger partial charge in [-0.1, -0.05) is 211 Å². The van der Waals surface area contributed by atoms with Crippen molar-refractivity contribution in [1.29, 1.82) is 0 Å². The van der Waals surface area contributed by atoms with Crippen molar-refractivity contribution in [2.75, 3.05) is 60.6 Å². The number of rotatable bonds is 46. The third kappa shape index (κ3) is 40.7. The molecular weight excluding hydrogens is 772 g/mol. The van der Waals surface area contributed by atoms with Crippen LogP contribution in [0.25, 0.3) is 0 Å². The van der Waals surface area contributed by atoms with E-state index in [-0.39, 0.29) is 19.2 Å². The van der Waals surface area contributed by atoms with Crippen LogP contribution in [0.15, 0.2) is 30.3 Å². The Labute approximate surface area is 370 Å². The number of hydrogen-bond acceptors (Lipinski definition) is 8. The first kappa shape index (κ1) is 56.7. The molecule has 2 atom stereocenters. The molecule has 10 heteroatoms. The van der Waals surface area contributed by atoms with Crippen LogP contribution >= 0.6 is 7.82 Å². The molecule has 60 heavy (non-hydrogen) atoms. The summed E-state index contributed by atoms with van der Waals surface area (Å²) in [5.41, 5.74) is 1.04. The van der Waals surface area contributed by atoms with Crippen LogP contribution in [0, 0.1) is 0 Å². The largest absolute Gasteiger partial charge is 0.756 e. The lowest BCUT2D eigenvalue weighted by Gasteiger charge is -2.30. The zero-order valence-corrected chi connectivity index (χ0v) is 40.5. The van der Waals surface area contributed by atoms with Gasteiger partial charge in [-0.2, -0.15) is 0 Å². The number of likely N-dealkylation sites (N-methyl/N-ethyl adjacent to an activating group) is 1. The van der Waals surface area contributed by atoms with Crippen LogP contribution in [0.1, 0.15) is 212 Å². The Morgan fingerprint density at radius 3 is 1.57 bits per heavy atom. The van der Waals surface area contributed by atoms with Gasteiger partial charge in [0.15, 0.2) is 0 Å². The average Bonchev–Trinajstić information content (AvgIpc) is 3.21. The van der Waals surface area contributed by atoms with Gasteiger partial charge in [0.05, 0.1) is 27.7 Å². The van der Waals surface area contributed by atoms with Crippen LogP contribution in [-0.4, -0.2) is 77.2 Å². The van der Waals surface area contributed by atoms with Crippen LogP contribution in [0.2, 0.25) is 0 Å². The third-order valence-corrected chi connectivity index (χ3v) is 12.4. The topological polar surface area (TPSA) is 106 Å². The van der Waals surface area contributed by atoms with Gasteiger partial charge < -0.3 is 33.2 Å². The molecule has 0 aliphatic rings. The maximum atomic E-state index is 12.6. The molecule has 0 saturated heterocycles. The summed E-state index contributed by atoms with van der Waals surface area (Å²) in [5, 5.41) is 3.42. The second-order valence-electron chi connectivity index (χ2n) is 18.5. The Morgan fingerprint density at radius 1 is 0.633 bits per heavy atom. The van der Waals surface area contributed by atoms with E-state index in [2.05, 4.69) is 12.2 Å². The molecule has 0 amide bonds. The summed E-state index contributed by atoms with van der Waals surface area (Å²) in [6.45, 7) is 5.46. The Morgan fingerprint density at radius 2 is 1.08 bits per heavy atom. The number of unbranched alkanes of at least 4 members (excludes halogenated alkanes) is 28. The fraction of sp³-hybridized carbons (Fsp3) is 0.860. The summed E-state index contributed by atoms with van der Waals surface area (Å²) in [7, 11) is 1.58. The number of hydrogen-bond donors (Lipinski definition) is 1. The summed E-state index contributed by atoms with van der Waals surface area (Å²) in [4.78, 5) is 24.6. The molecule has 1 aromatic carbocycles. The van der Waals surface area contributed by atoms with Crippen molar-refractivity contribution in [3.05, 3.63) is 35.9 Å². The number of nitrogens with one attached hydrogen (secondary N) is 1. The second kappa shape index (κ2) is 40.5. The van der Waals surface area contributed by atoms with E-state index in [0.29, 0.717) is 37.2 Å². The number of carbonyl (C=O) groups excluding carboxylic acids is 1. The van der Waals surface area contributed by atoms with E-state index in [0.717, 1.165) is 44.2 Å².